The monoisotopic (exact) mass is 460 g/mol. The summed E-state index contributed by atoms with van der Waals surface area (Å²) >= 11 is 1.83. The normalized spacial score (nSPS) is 18.2. The zero-order chi connectivity index (χ0) is 22.7. The predicted octanol–water partition coefficient (Wildman–Crippen LogP) is 7.77. The second kappa shape index (κ2) is 18.4. The maximum Gasteiger partial charge on any atom is 0.238 e. The molecule has 2 atom stereocenters. The van der Waals surface area contributed by atoms with Crippen LogP contribution in [0.2, 0.25) is 0 Å². The Morgan fingerprint density at radius 2 is 1.31 bits per heavy atom. The average molecular weight is 461 g/mol. The lowest BCUT2D eigenvalue weighted by Gasteiger charge is -2.13. The number of nitrogens with one attached hydrogen (secondary N) is 2. The summed E-state index contributed by atoms with van der Waals surface area (Å²) in [5, 5.41) is 6.83. The lowest BCUT2D eigenvalue weighted by Crippen LogP contribution is -2.42. The van der Waals surface area contributed by atoms with Crippen molar-refractivity contribution in [2.24, 2.45) is 0 Å². The largest absolute Gasteiger partial charge is 0.355 e. The van der Waals surface area contributed by atoms with Crippen LogP contribution in [0, 0.1) is 0 Å². The number of carbonyl (C=O) groups excluding carboxylic acids is 1. The summed E-state index contributed by atoms with van der Waals surface area (Å²) < 4.78 is 0. The van der Waals surface area contributed by atoms with Gasteiger partial charge in [0.05, 0.1) is 11.4 Å². The van der Waals surface area contributed by atoms with Gasteiger partial charge in [-0.15, -0.1) is 11.8 Å². The molecule has 182 valence electrons. The molecule has 1 fully saturated rings. The van der Waals surface area contributed by atoms with Crippen LogP contribution in [-0.4, -0.2) is 24.2 Å². The van der Waals surface area contributed by atoms with Crippen molar-refractivity contribution in [2.45, 2.75) is 121 Å². The average Bonchev–Trinajstić information content (AvgIpc) is 3.32. The van der Waals surface area contributed by atoms with Crippen molar-refractivity contribution in [1.82, 2.24) is 10.6 Å². The van der Waals surface area contributed by atoms with Crippen molar-refractivity contribution in [3.63, 3.8) is 0 Å². The molecular weight excluding hydrogens is 412 g/mol. The smallest absolute Gasteiger partial charge is 0.238 e. The lowest BCUT2D eigenvalue weighted by atomic mass is 10.0. The van der Waals surface area contributed by atoms with Crippen LogP contribution in [0.25, 0.3) is 0 Å². The van der Waals surface area contributed by atoms with Gasteiger partial charge < -0.3 is 5.32 Å². The highest BCUT2D eigenvalue weighted by Crippen LogP contribution is 2.32. The zero-order valence-electron chi connectivity index (χ0n) is 20.6. The molecule has 0 saturated carbocycles. The molecule has 1 unspecified atom stereocenters. The van der Waals surface area contributed by atoms with E-state index in [1.165, 1.54) is 102 Å². The van der Waals surface area contributed by atoms with Gasteiger partial charge in [0.1, 0.15) is 0 Å². The highest BCUT2D eigenvalue weighted by Gasteiger charge is 2.30. The Hall–Kier alpha value is -1.00. The third-order valence-electron chi connectivity index (χ3n) is 6.53. The fourth-order valence-electron chi connectivity index (χ4n) is 4.45. The molecule has 1 heterocycles. The van der Waals surface area contributed by atoms with Crippen molar-refractivity contribution in [3.05, 3.63) is 35.9 Å². The van der Waals surface area contributed by atoms with Gasteiger partial charge in [0.25, 0.3) is 0 Å². The van der Waals surface area contributed by atoms with E-state index in [0.29, 0.717) is 0 Å². The molecule has 0 aliphatic carbocycles. The van der Waals surface area contributed by atoms with E-state index in [0.717, 1.165) is 18.7 Å². The lowest BCUT2D eigenvalue weighted by molar-refractivity contribution is -0.122. The van der Waals surface area contributed by atoms with E-state index in [1.807, 2.05) is 17.8 Å². The van der Waals surface area contributed by atoms with E-state index < -0.39 is 0 Å². The van der Waals surface area contributed by atoms with Gasteiger partial charge in [0, 0.05) is 12.3 Å². The van der Waals surface area contributed by atoms with Crippen LogP contribution in [-0.2, 0) is 4.79 Å². The van der Waals surface area contributed by atoms with Crippen LogP contribution in [0.5, 0.6) is 0 Å². The Labute approximate surface area is 202 Å². The van der Waals surface area contributed by atoms with Crippen LogP contribution in [0.4, 0.5) is 0 Å². The van der Waals surface area contributed by atoms with Crippen LogP contribution in [0.1, 0.15) is 121 Å². The minimum atomic E-state index is -0.0636. The highest BCUT2D eigenvalue weighted by atomic mass is 32.2. The fraction of sp³-hybridized carbons (Fsp3) is 0.750. The zero-order valence-corrected chi connectivity index (χ0v) is 21.4. The molecule has 3 nitrogen and oxygen atoms in total. The summed E-state index contributed by atoms with van der Waals surface area (Å²) in [7, 11) is 0. The Balaban J connectivity index is 1.32. The number of hydrogen-bond acceptors (Lipinski definition) is 3. The third-order valence-corrected chi connectivity index (χ3v) is 7.80. The van der Waals surface area contributed by atoms with E-state index in [-0.39, 0.29) is 17.3 Å². The molecule has 2 rings (SSSR count). The minimum absolute atomic E-state index is 0.0636. The number of thioether (sulfide) groups is 1. The summed E-state index contributed by atoms with van der Waals surface area (Å²) in [4.78, 5) is 12.4. The van der Waals surface area contributed by atoms with Gasteiger partial charge in [-0.2, -0.15) is 0 Å². The third kappa shape index (κ3) is 12.3. The first kappa shape index (κ1) is 27.2. The van der Waals surface area contributed by atoms with E-state index in [9.17, 15) is 4.79 Å². The molecule has 1 amide bonds. The Morgan fingerprint density at radius 1 is 0.812 bits per heavy atom. The van der Waals surface area contributed by atoms with Crippen molar-refractivity contribution >= 4 is 17.7 Å². The first-order valence-electron chi connectivity index (χ1n) is 13.5. The quantitative estimate of drug-likeness (QED) is 0.207. The van der Waals surface area contributed by atoms with Crippen molar-refractivity contribution < 1.29 is 4.79 Å². The Kier molecular flexibility index (Phi) is 15.7. The van der Waals surface area contributed by atoms with Gasteiger partial charge in [-0.25, -0.2) is 0 Å². The molecule has 0 spiro atoms. The van der Waals surface area contributed by atoms with Gasteiger partial charge >= 0.3 is 0 Å². The number of benzene rings is 1. The van der Waals surface area contributed by atoms with Gasteiger partial charge in [-0.3, -0.25) is 10.1 Å². The van der Waals surface area contributed by atoms with Crippen LogP contribution >= 0.6 is 11.8 Å². The van der Waals surface area contributed by atoms with Crippen molar-refractivity contribution in [3.8, 4) is 0 Å². The molecule has 4 heteroatoms. The van der Waals surface area contributed by atoms with E-state index in [1.54, 1.807) is 0 Å². The number of rotatable bonds is 19. The molecule has 1 aromatic carbocycles. The van der Waals surface area contributed by atoms with Crippen molar-refractivity contribution in [2.75, 3.05) is 12.3 Å². The first-order valence-corrected chi connectivity index (χ1v) is 14.6. The molecule has 0 bridgehead atoms. The molecule has 1 aromatic rings. The molecule has 32 heavy (non-hydrogen) atoms. The molecule has 0 radical (unpaired) electrons. The van der Waals surface area contributed by atoms with Crippen LogP contribution in [0.15, 0.2) is 30.3 Å². The summed E-state index contributed by atoms with van der Waals surface area (Å²) in [5.41, 5.74) is 1.26. The molecule has 1 aliphatic heterocycles. The summed E-state index contributed by atoms with van der Waals surface area (Å²) in [6.45, 7) is 3.10. The summed E-state index contributed by atoms with van der Waals surface area (Å²) in [6, 6.07) is 10.3. The number of carbonyl (C=O) groups is 1. The molecule has 1 aliphatic rings. The Morgan fingerprint density at radius 3 is 1.84 bits per heavy atom. The van der Waals surface area contributed by atoms with E-state index >= 15 is 0 Å². The molecular formula is C28H48N2OS. The van der Waals surface area contributed by atoms with Crippen LogP contribution in [0.3, 0.4) is 0 Å². The second-order valence-corrected chi connectivity index (χ2v) is 10.6. The standard InChI is InChI=1S/C28H48N2OS/c1-2-3-4-5-6-7-8-9-10-11-12-13-14-15-16-20-23-29-27(31)26-24-32-28(30-26)25-21-18-17-19-22-25/h17-19,21-22,26,28,30H,2-16,20,23-24H2,1H3,(H,29,31)/t26-,28?/m0/s1. The molecule has 1 saturated heterocycles. The predicted molar refractivity (Wildman–Crippen MR) is 141 cm³/mol. The van der Waals surface area contributed by atoms with Crippen molar-refractivity contribution in [1.29, 1.82) is 0 Å². The van der Waals surface area contributed by atoms with Gasteiger partial charge in [-0.1, -0.05) is 134 Å². The molecule has 2 N–H and O–H groups in total. The van der Waals surface area contributed by atoms with Gasteiger partial charge in [0.15, 0.2) is 0 Å². The highest BCUT2D eigenvalue weighted by molar-refractivity contribution is 7.99. The summed E-state index contributed by atoms with van der Waals surface area (Å²) in [6.07, 6.45) is 22.1. The van der Waals surface area contributed by atoms with Gasteiger partial charge in [0.2, 0.25) is 5.91 Å². The number of unbranched alkanes of at least 4 members (excludes halogenated alkanes) is 15. The first-order chi connectivity index (χ1) is 15.8. The minimum Gasteiger partial charge on any atom is -0.355 e. The number of hydrogen-bond donors (Lipinski definition) is 2. The fourth-order valence-corrected chi connectivity index (χ4v) is 5.69. The van der Waals surface area contributed by atoms with Crippen LogP contribution < -0.4 is 10.6 Å². The maximum atomic E-state index is 12.4. The molecule has 0 aromatic heterocycles. The topological polar surface area (TPSA) is 41.1 Å². The maximum absolute atomic E-state index is 12.4. The summed E-state index contributed by atoms with van der Waals surface area (Å²) in [5.74, 6) is 1.02. The van der Waals surface area contributed by atoms with E-state index in [4.69, 9.17) is 0 Å². The second-order valence-electron chi connectivity index (χ2n) is 9.44. The SMILES string of the molecule is CCCCCCCCCCCCCCCCCCNC(=O)[C@@H]1CSC(c2ccccc2)N1. The number of amides is 1. The Bertz CT molecular complexity index is 580. The van der Waals surface area contributed by atoms with E-state index in [2.05, 4.69) is 41.8 Å². The van der Waals surface area contributed by atoms with Gasteiger partial charge in [-0.05, 0) is 12.0 Å².